The van der Waals surface area contributed by atoms with Gasteiger partial charge in [-0.1, -0.05) is 33.1 Å². The van der Waals surface area contributed by atoms with Gasteiger partial charge in [0.25, 0.3) is 0 Å². The maximum atomic E-state index is 3.82. The normalized spacial score (nSPS) is 13.5. The smallest absolute Gasteiger partial charge is 0.00639 e. The zero-order valence-electron chi connectivity index (χ0n) is 7.32. The maximum Gasteiger partial charge on any atom is 0.00639 e. The number of hydrogen-bond donors (Lipinski definition) is 1. The van der Waals surface area contributed by atoms with Crippen LogP contribution in [0.15, 0.2) is 0 Å². The fraction of sp³-hybridized carbons (Fsp3) is 0.889. The molecule has 0 saturated heterocycles. The lowest BCUT2D eigenvalue weighted by molar-refractivity contribution is 0.471. The Balaban J connectivity index is 3.21. The van der Waals surface area contributed by atoms with Crippen molar-refractivity contribution in [2.45, 2.75) is 45.1 Å². The number of unbranched alkanes of at least 4 members (excludes halogenated alkanes) is 1. The van der Waals surface area contributed by atoms with Crippen LogP contribution in [0.25, 0.3) is 0 Å². The lowest BCUT2D eigenvalue weighted by Gasteiger charge is -2.13. The van der Waals surface area contributed by atoms with Crippen LogP contribution in [0, 0.1) is 6.92 Å². The summed E-state index contributed by atoms with van der Waals surface area (Å²) in [4.78, 5) is 0. The second kappa shape index (κ2) is 7.07. The summed E-state index contributed by atoms with van der Waals surface area (Å²) in [5, 5.41) is 3.31. The molecule has 0 aliphatic heterocycles. The van der Waals surface area contributed by atoms with E-state index in [-0.39, 0.29) is 0 Å². The predicted octanol–water partition coefficient (Wildman–Crippen LogP) is 2.38. The highest BCUT2D eigenvalue weighted by Crippen LogP contribution is 2.05. The van der Waals surface area contributed by atoms with Crippen molar-refractivity contribution in [3.05, 3.63) is 6.92 Å². The summed E-state index contributed by atoms with van der Waals surface area (Å²) >= 11 is 0. The quantitative estimate of drug-likeness (QED) is 0.600. The Labute approximate surface area is 65.2 Å². The van der Waals surface area contributed by atoms with E-state index in [0.29, 0.717) is 0 Å². The molecule has 0 amide bonds. The minimum Gasteiger partial charge on any atom is -0.317 e. The average molecular weight is 142 g/mol. The zero-order valence-corrected chi connectivity index (χ0v) is 7.32. The molecule has 0 aromatic rings. The van der Waals surface area contributed by atoms with E-state index < -0.39 is 0 Å². The van der Waals surface area contributed by atoms with Crippen molar-refractivity contribution in [2.75, 3.05) is 7.05 Å². The van der Waals surface area contributed by atoms with Crippen molar-refractivity contribution < 1.29 is 0 Å². The van der Waals surface area contributed by atoms with Crippen molar-refractivity contribution in [3.8, 4) is 0 Å². The molecule has 0 heterocycles. The lowest BCUT2D eigenvalue weighted by atomic mass is 10.1. The van der Waals surface area contributed by atoms with Crippen molar-refractivity contribution in [2.24, 2.45) is 0 Å². The molecule has 0 rings (SSSR count). The molecule has 1 radical (unpaired) electrons. The molecule has 0 aromatic heterocycles. The predicted molar refractivity (Wildman–Crippen MR) is 47.0 cm³/mol. The van der Waals surface area contributed by atoms with Crippen LogP contribution in [0.4, 0.5) is 0 Å². The van der Waals surface area contributed by atoms with Crippen LogP contribution < -0.4 is 5.32 Å². The van der Waals surface area contributed by atoms with Gasteiger partial charge in [-0.15, -0.1) is 0 Å². The summed E-state index contributed by atoms with van der Waals surface area (Å²) < 4.78 is 0. The Hall–Kier alpha value is -0.0400. The summed E-state index contributed by atoms with van der Waals surface area (Å²) in [6.45, 7) is 6.05. The van der Waals surface area contributed by atoms with Crippen LogP contribution in [0.1, 0.15) is 39.0 Å². The van der Waals surface area contributed by atoms with Gasteiger partial charge in [-0.25, -0.2) is 0 Å². The molecule has 1 nitrogen and oxygen atoms in total. The van der Waals surface area contributed by atoms with Gasteiger partial charge >= 0.3 is 0 Å². The minimum absolute atomic E-state index is 0.728. The molecule has 0 bridgehead atoms. The van der Waals surface area contributed by atoms with Gasteiger partial charge < -0.3 is 5.32 Å². The third-order valence-corrected chi connectivity index (χ3v) is 1.85. The summed E-state index contributed by atoms with van der Waals surface area (Å²) in [5.41, 5.74) is 0. The van der Waals surface area contributed by atoms with E-state index >= 15 is 0 Å². The maximum absolute atomic E-state index is 3.82. The molecule has 0 saturated carbocycles. The van der Waals surface area contributed by atoms with Gasteiger partial charge in [0.2, 0.25) is 0 Å². The molecule has 0 fully saturated rings. The van der Waals surface area contributed by atoms with Crippen LogP contribution in [0.3, 0.4) is 0 Å². The summed E-state index contributed by atoms with van der Waals surface area (Å²) in [6, 6.07) is 0.728. The van der Waals surface area contributed by atoms with Gasteiger partial charge in [-0.2, -0.15) is 0 Å². The van der Waals surface area contributed by atoms with Crippen LogP contribution in [0.2, 0.25) is 0 Å². The van der Waals surface area contributed by atoms with E-state index in [2.05, 4.69) is 19.2 Å². The third-order valence-electron chi connectivity index (χ3n) is 1.85. The summed E-state index contributed by atoms with van der Waals surface area (Å²) in [5.74, 6) is 0. The van der Waals surface area contributed by atoms with Crippen LogP contribution in [-0.4, -0.2) is 13.1 Å². The summed E-state index contributed by atoms with van der Waals surface area (Å²) in [6.07, 6.45) is 6.19. The van der Waals surface area contributed by atoms with E-state index in [1.54, 1.807) is 0 Å². The monoisotopic (exact) mass is 142 g/mol. The molecule has 0 spiro atoms. The highest BCUT2D eigenvalue weighted by Gasteiger charge is 2.01. The van der Waals surface area contributed by atoms with Crippen molar-refractivity contribution >= 4 is 0 Å². The van der Waals surface area contributed by atoms with Gasteiger partial charge in [0.1, 0.15) is 0 Å². The standard InChI is InChI=1S/C9H20N/c1-4-6-8-9(10-3)7-5-2/h9-10H,1,4-8H2,2-3H3. The Bertz CT molecular complexity index is 61.7. The Morgan fingerprint density at radius 1 is 1.40 bits per heavy atom. The first-order chi connectivity index (χ1) is 4.85. The van der Waals surface area contributed by atoms with Crippen LogP contribution in [-0.2, 0) is 0 Å². The molecule has 61 valence electrons. The van der Waals surface area contributed by atoms with Crippen molar-refractivity contribution in [3.63, 3.8) is 0 Å². The van der Waals surface area contributed by atoms with Gasteiger partial charge in [-0.3, -0.25) is 0 Å². The first-order valence-corrected chi connectivity index (χ1v) is 4.31. The number of nitrogens with one attached hydrogen (secondary N) is 1. The van der Waals surface area contributed by atoms with Crippen LogP contribution in [0.5, 0.6) is 0 Å². The fourth-order valence-corrected chi connectivity index (χ4v) is 1.17. The summed E-state index contributed by atoms with van der Waals surface area (Å²) in [7, 11) is 2.05. The number of hydrogen-bond acceptors (Lipinski definition) is 1. The van der Waals surface area contributed by atoms with E-state index in [4.69, 9.17) is 0 Å². The molecule has 1 unspecified atom stereocenters. The van der Waals surface area contributed by atoms with E-state index in [9.17, 15) is 0 Å². The molecular formula is C9H20N. The molecule has 1 atom stereocenters. The second-order valence-electron chi connectivity index (χ2n) is 2.77. The highest BCUT2D eigenvalue weighted by molar-refractivity contribution is 4.63. The van der Waals surface area contributed by atoms with E-state index in [0.717, 1.165) is 12.5 Å². The third kappa shape index (κ3) is 4.80. The van der Waals surface area contributed by atoms with E-state index in [1.165, 1.54) is 25.7 Å². The van der Waals surface area contributed by atoms with Crippen molar-refractivity contribution in [1.29, 1.82) is 0 Å². The minimum atomic E-state index is 0.728. The van der Waals surface area contributed by atoms with Crippen molar-refractivity contribution in [1.82, 2.24) is 5.32 Å². The lowest BCUT2D eigenvalue weighted by Crippen LogP contribution is -2.24. The van der Waals surface area contributed by atoms with Gasteiger partial charge in [0, 0.05) is 6.04 Å². The Kier molecular flexibility index (Phi) is 7.04. The molecule has 0 aromatic carbocycles. The molecule has 1 N–H and O–H groups in total. The fourth-order valence-electron chi connectivity index (χ4n) is 1.17. The topological polar surface area (TPSA) is 12.0 Å². The largest absolute Gasteiger partial charge is 0.317 e. The first-order valence-electron chi connectivity index (χ1n) is 4.31. The molecule has 0 aliphatic carbocycles. The molecular weight excluding hydrogens is 122 g/mol. The number of rotatable bonds is 6. The molecule has 10 heavy (non-hydrogen) atoms. The second-order valence-corrected chi connectivity index (χ2v) is 2.77. The van der Waals surface area contributed by atoms with Gasteiger partial charge in [0.15, 0.2) is 0 Å². The zero-order chi connectivity index (χ0) is 7.82. The average Bonchev–Trinajstić information content (AvgIpc) is 1.98. The SMILES string of the molecule is [CH2]CCCC(CCC)NC. The van der Waals surface area contributed by atoms with Gasteiger partial charge in [-0.05, 0) is 19.9 Å². The first kappa shape index (κ1) is 9.96. The molecule has 0 aliphatic rings. The Morgan fingerprint density at radius 3 is 2.50 bits per heavy atom. The highest BCUT2D eigenvalue weighted by atomic mass is 14.9. The van der Waals surface area contributed by atoms with Crippen LogP contribution >= 0.6 is 0 Å². The Morgan fingerprint density at radius 2 is 2.10 bits per heavy atom. The molecule has 1 heteroatoms. The van der Waals surface area contributed by atoms with E-state index in [1.807, 2.05) is 7.05 Å². The van der Waals surface area contributed by atoms with Gasteiger partial charge in [0.05, 0.1) is 0 Å².